The van der Waals surface area contributed by atoms with Gasteiger partial charge in [0.1, 0.15) is 0 Å². The van der Waals surface area contributed by atoms with Gasteiger partial charge in [-0.05, 0) is 97.7 Å². The van der Waals surface area contributed by atoms with Crippen molar-refractivity contribution in [3.05, 3.63) is 0 Å². The van der Waals surface area contributed by atoms with E-state index in [0.29, 0.717) is 48.2 Å². The van der Waals surface area contributed by atoms with Crippen LogP contribution in [0.4, 0.5) is 0 Å². The van der Waals surface area contributed by atoms with Crippen molar-refractivity contribution >= 4 is 16.0 Å². The van der Waals surface area contributed by atoms with Gasteiger partial charge >= 0.3 is 0 Å². The average Bonchev–Trinajstić information content (AvgIpc) is 3.24. The van der Waals surface area contributed by atoms with Crippen LogP contribution in [0.3, 0.4) is 0 Å². The number of aliphatic hydroxyl groups is 3. The molecule has 10 heteroatoms. The number of aliphatic hydroxyl groups excluding tert-OH is 3. The molecule has 42 heavy (non-hydrogen) atoms. The average molecular weight is 616 g/mol. The van der Waals surface area contributed by atoms with Crippen LogP contribution in [0.25, 0.3) is 0 Å². The number of hydrogen-bond donors (Lipinski definition) is 5. The van der Waals surface area contributed by atoms with Crippen LogP contribution in [0.2, 0.25) is 0 Å². The summed E-state index contributed by atoms with van der Waals surface area (Å²) >= 11 is 0. The molecule has 0 aliphatic heterocycles. The van der Waals surface area contributed by atoms with E-state index in [9.17, 15) is 28.5 Å². The van der Waals surface area contributed by atoms with Crippen molar-refractivity contribution in [1.82, 2.24) is 5.32 Å². The maximum atomic E-state index is 12.7. The van der Waals surface area contributed by atoms with E-state index in [1.807, 2.05) is 14.1 Å². The van der Waals surface area contributed by atoms with Crippen molar-refractivity contribution in [3.63, 3.8) is 0 Å². The van der Waals surface area contributed by atoms with Crippen molar-refractivity contribution in [3.8, 4) is 0 Å². The van der Waals surface area contributed by atoms with Gasteiger partial charge in [0.25, 0.3) is 10.1 Å². The quantitative estimate of drug-likeness (QED) is 0.129. The van der Waals surface area contributed by atoms with E-state index in [4.69, 9.17) is 4.55 Å². The largest absolute Gasteiger partial charge is 0.393 e. The first-order valence-electron chi connectivity index (χ1n) is 16.6. The third-order valence-electron chi connectivity index (χ3n) is 12.8. The summed E-state index contributed by atoms with van der Waals surface area (Å²) in [5.41, 5.74) is -0.185. The first-order valence-corrected chi connectivity index (χ1v) is 18.2. The molecule has 0 aromatic carbocycles. The van der Waals surface area contributed by atoms with Gasteiger partial charge in [-0.3, -0.25) is 9.35 Å². The lowest BCUT2D eigenvalue weighted by Gasteiger charge is -2.63. The van der Waals surface area contributed by atoms with E-state index in [-0.39, 0.29) is 52.5 Å². The molecule has 4 aliphatic carbocycles. The summed E-state index contributed by atoms with van der Waals surface area (Å²) in [6.45, 7) is 8.87. The van der Waals surface area contributed by atoms with Crippen molar-refractivity contribution < 1.29 is 37.6 Å². The number of nitrogens with zero attached hydrogens (tertiary/aromatic N) is 1. The molecule has 0 radical (unpaired) electrons. The second-order valence-corrected chi connectivity index (χ2v) is 17.3. The zero-order chi connectivity index (χ0) is 31.1. The molecule has 244 valence electrons. The predicted octanol–water partition coefficient (Wildman–Crippen LogP) is 3.22. The molecule has 11 atom stereocenters. The molecule has 9 nitrogen and oxygen atoms in total. The highest BCUT2D eigenvalue weighted by molar-refractivity contribution is 7.85. The highest BCUT2D eigenvalue weighted by atomic mass is 32.2. The molecule has 4 fully saturated rings. The number of hydrogen-bond acceptors (Lipinski definition) is 6. The molecule has 5 N–H and O–H groups in total. The second kappa shape index (κ2) is 12.9. The third-order valence-corrected chi connectivity index (χ3v) is 13.6. The molecule has 0 bridgehead atoms. The van der Waals surface area contributed by atoms with Gasteiger partial charge in [0.15, 0.2) is 0 Å². The molecule has 4 saturated carbocycles. The first kappa shape index (κ1) is 34.1. The highest BCUT2D eigenvalue weighted by Crippen LogP contribution is 2.68. The number of fused-ring (bicyclic) bond motifs is 5. The van der Waals surface area contributed by atoms with Crippen LogP contribution < -0.4 is 5.32 Å². The minimum atomic E-state index is -3.93. The SMILES string of the molecule is CC(CCC(=O)NCCC[N+](C)(C)CCCS(=O)(=O)O)[C@H]1CC[C@H]2[C@@H]3[C@H](O)C[C@@H]4C[C@H](O)CC[C@]4(C)[C@H]3C[C@H](O)[C@]12C. The van der Waals surface area contributed by atoms with Crippen LogP contribution in [0.5, 0.6) is 0 Å². The van der Waals surface area contributed by atoms with Crippen molar-refractivity contribution in [2.75, 3.05) is 39.5 Å². The van der Waals surface area contributed by atoms with Gasteiger partial charge < -0.3 is 25.1 Å². The van der Waals surface area contributed by atoms with Crippen molar-refractivity contribution in [2.45, 2.75) is 110 Å². The Bertz CT molecular complexity index is 1050. The molecule has 0 spiro atoms. The summed E-state index contributed by atoms with van der Waals surface area (Å²) < 4.78 is 31.5. The minimum absolute atomic E-state index is 0.0450. The summed E-state index contributed by atoms with van der Waals surface area (Å²) in [7, 11) is 0.114. The Morgan fingerprint density at radius 3 is 2.38 bits per heavy atom. The smallest absolute Gasteiger partial charge is 0.265 e. The molecular formula is C32H59N2O7S+. The Morgan fingerprint density at radius 2 is 1.69 bits per heavy atom. The van der Waals surface area contributed by atoms with E-state index < -0.39 is 16.2 Å². The molecule has 0 aromatic rings. The van der Waals surface area contributed by atoms with Crippen LogP contribution in [-0.2, 0) is 14.9 Å². The van der Waals surface area contributed by atoms with E-state index >= 15 is 0 Å². The topological polar surface area (TPSA) is 144 Å². The van der Waals surface area contributed by atoms with Crippen LogP contribution in [-0.4, -0.2) is 96.5 Å². The van der Waals surface area contributed by atoms with Gasteiger partial charge in [-0.15, -0.1) is 0 Å². The van der Waals surface area contributed by atoms with E-state index in [0.717, 1.165) is 64.3 Å². The summed E-state index contributed by atoms with van der Waals surface area (Å²) in [6, 6.07) is 0. The maximum absolute atomic E-state index is 12.7. The maximum Gasteiger partial charge on any atom is 0.265 e. The van der Waals surface area contributed by atoms with Gasteiger partial charge in [0.2, 0.25) is 5.91 Å². The highest BCUT2D eigenvalue weighted by Gasteiger charge is 2.65. The van der Waals surface area contributed by atoms with Gasteiger partial charge in [0.05, 0.1) is 51.2 Å². The Labute approximate surface area is 254 Å². The molecule has 1 amide bonds. The Hall–Kier alpha value is -0.780. The van der Waals surface area contributed by atoms with Gasteiger partial charge in [-0.25, -0.2) is 0 Å². The number of carbonyl (C=O) groups is 1. The fourth-order valence-corrected chi connectivity index (χ4v) is 10.8. The van der Waals surface area contributed by atoms with Crippen LogP contribution >= 0.6 is 0 Å². The lowest BCUT2D eigenvalue weighted by molar-refractivity contribution is -0.890. The third kappa shape index (κ3) is 7.20. The lowest BCUT2D eigenvalue weighted by atomic mass is 9.43. The fourth-order valence-electron chi connectivity index (χ4n) is 10.3. The molecule has 0 saturated heterocycles. The Kier molecular flexibility index (Phi) is 10.5. The summed E-state index contributed by atoms with van der Waals surface area (Å²) in [5.74, 6) is 1.52. The fraction of sp³-hybridized carbons (Fsp3) is 0.969. The van der Waals surface area contributed by atoms with E-state index in [1.54, 1.807) is 0 Å². The van der Waals surface area contributed by atoms with Crippen molar-refractivity contribution in [1.29, 1.82) is 0 Å². The number of carbonyl (C=O) groups excluding carboxylic acids is 1. The van der Waals surface area contributed by atoms with E-state index in [2.05, 4.69) is 26.1 Å². The number of nitrogens with one attached hydrogen (secondary N) is 1. The van der Waals surface area contributed by atoms with Gasteiger partial charge in [0, 0.05) is 25.8 Å². The zero-order valence-electron chi connectivity index (χ0n) is 26.7. The van der Waals surface area contributed by atoms with Crippen molar-refractivity contribution in [2.24, 2.45) is 46.3 Å². The van der Waals surface area contributed by atoms with E-state index in [1.165, 1.54) is 0 Å². The molecule has 1 unspecified atom stereocenters. The van der Waals surface area contributed by atoms with Crippen LogP contribution in [0.15, 0.2) is 0 Å². The molecule has 0 heterocycles. The number of quaternary nitrogens is 1. The van der Waals surface area contributed by atoms with Crippen LogP contribution in [0, 0.1) is 46.3 Å². The normalized spacial score (nSPS) is 41.0. The molecule has 4 aliphatic rings. The van der Waals surface area contributed by atoms with Gasteiger partial charge in [-0.2, -0.15) is 8.42 Å². The zero-order valence-corrected chi connectivity index (χ0v) is 27.5. The van der Waals surface area contributed by atoms with Gasteiger partial charge in [-0.1, -0.05) is 20.8 Å². The number of rotatable bonds is 12. The Balaban J connectivity index is 1.27. The summed E-state index contributed by atoms with van der Waals surface area (Å²) in [6.07, 6.45) is 7.47. The predicted molar refractivity (Wildman–Crippen MR) is 163 cm³/mol. The second-order valence-electron chi connectivity index (χ2n) is 15.8. The molecule has 4 rings (SSSR count). The monoisotopic (exact) mass is 615 g/mol. The van der Waals surface area contributed by atoms with Crippen LogP contribution in [0.1, 0.15) is 91.4 Å². The summed E-state index contributed by atoms with van der Waals surface area (Å²) in [4.78, 5) is 12.7. The first-order chi connectivity index (χ1) is 19.5. The number of amides is 1. The molecule has 0 aromatic heterocycles. The minimum Gasteiger partial charge on any atom is -0.393 e. The standard InChI is InChI=1S/C32H58N2O7S/c1-21(8-11-29(38)33-14-6-15-34(4,5)16-7-17-42(39,40)41)24-9-10-25-30-26(20-28(37)32(24,25)3)31(2)13-12-23(35)18-22(31)19-27(30)36/h21-28,30,35-37H,6-20H2,1-5H3,(H-,33,38,39,40,41)/p+1/t21?,22-,23+,24+,25-,26-,27+,28-,30-,31-,32+/m0/s1. The molecular weight excluding hydrogens is 556 g/mol. The summed E-state index contributed by atoms with van der Waals surface area (Å²) in [5, 5.41) is 36.6. The lowest BCUT2D eigenvalue weighted by Crippen LogP contribution is -2.62. The Morgan fingerprint density at radius 1 is 1.00 bits per heavy atom.